The molecule has 0 aromatic heterocycles. The summed E-state index contributed by atoms with van der Waals surface area (Å²) in [6.45, 7) is 4.37. The molecule has 2 rings (SSSR count). The summed E-state index contributed by atoms with van der Waals surface area (Å²) in [7, 11) is 0. The standard InChI is InChI=1S/C6H10N2/c1-5-2-8-4-6(5)3-7-1/h5-6H,1-4H2. The first-order valence-electron chi connectivity index (χ1n) is 3.23. The van der Waals surface area contributed by atoms with E-state index in [1.165, 1.54) is 0 Å². The quantitative estimate of drug-likeness (QED) is 0.400. The highest BCUT2D eigenvalue weighted by atomic mass is 15.0. The Bertz CT molecular complexity index is 72.5. The van der Waals surface area contributed by atoms with Gasteiger partial charge in [0.15, 0.2) is 0 Å². The Morgan fingerprint density at radius 2 is 1.12 bits per heavy atom. The minimum atomic E-state index is 0.843. The van der Waals surface area contributed by atoms with Gasteiger partial charge in [0.05, 0.1) is 0 Å². The van der Waals surface area contributed by atoms with E-state index in [4.69, 9.17) is 0 Å². The van der Waals surface area contributed by atoms with Gasteiger partial charge < -0.3 is 0 Å². The summed E-state index contributed by atoms with van der Waals surface area (Å²) in [5.74, 6) is 1.69. The SMILES string of the molecule is C1[N]CC2C[N]CC12. The van der Waals surface area contributed by atoms with Crippen LogP contribution in [0.25, 0.3) is 0 Å². The highest BCUT2D eigenvalue weighted by Gasteiger charge is 2.32. The van der Waals surface area contributed by atoms with Crippen LogP contribution in [0.1, 0.15) is 0 Å². The van der Waals surface area contributed by atoms with E-state index in [2.05, 4.69) is 10.6 Å². The fourth-order valence-corrected chi connectivity index (χ4v) is 1.52. The van der Waals surface area contributed by atoms with Crippen molar-refractivity contribution in [2.24, 2.45) is 11.8 Å². The van der Waals surface area contributed by atoms with Gasteiger partial charge in [-0.2, -0.15) is 0 Å². The second kappa shape index (κ2) is 1.71. The van der Waals surface area contributed by atoms with Crippen molar-refractivity contribution in [2.75, 3.05) is 26.2 Å². The summed E-state index contributed by atoms with van der Waals surface area (Å²) < 4.78 is 0. The molecule has 2 aliphatic rings. The van der Waals surface area contributed by atoms with Crippen LogP contribution in [-0.2, 0) is 0 Å². The van der Waals surface area contributed by atoms with E-state index in [0.717, 1.165) is 38.0 Å². The first kappa shape index (κ1) is 4.77. The van der Waals surface area contributed by atoms with E-state index < -0.39 is 0 Å². The molecule has 2 saturated heterocycles. The maximum atomic E-state index is 4.31. The lowest BCUT2D eigenvalue weighted by Gasteiger charge is -2.00. The van der Waals surface area contributed by atoms with Crippen LogP contribution in [0.2, 0.25) is 0 Å². The topological polar surface area (TPSA) is 28.2 Å². The molecule has 44 valence electrons. The van der Waals surface area contributed by atoms with Crippen molar-refractivity contribution in [1.29, 1.82) is 0 Å². The molecule has 2 fully saturated rings. The van der Waals surface area contributed by atoms with E-state index in [1.54, 1.807) is 0 Å². The van der Waals surface area contributed by atoms with Gasteiger partial charge in [0.25, 0.3) is 0 Å². The second-order valence-corrected chi connectivity index (χ2v) is 2.70. The average molecular weight is 110 g/mol. The summed E-state index contributed by atoms with van der Waals surface area (Å²) in [6, 6.07) is 0. The van der Waals surface area contributed by atoms with Gasteiger partial charge in [-0.1, -0.05) is 0 Å². The molecule has 0 amide bonds. The van der Waals surface area contributed by atoms with Crippen LogP contribution in [0.3, 0.4) is 0 Å². The third-order valence-electron chi connectivity index (χ3n) is 2.12. The van der Waals surface area contributed by atoms with Gasteiger partial charge in [-0.15, -0.1) is 0 Å². The van der Waals surface area contributed by atoms with Crippen LogP contribution in [0, 0.1) is 11.8 Å². The number of nitrogens with zero attached hydrogens (tertiary/aromatic N) is 2. The number of hydrogen-bond acceptors (Lipinski definition) is 0. The van der Waals surface area contributed by atoms with Crippen molar-refractivity contribution < 1.29 is 0 Å². The molecule has 0 aromatic carbocycles. The number of rotatable bonds is 0. The summed E-state index contributed by atoms with van der Waals surface area (Å²) in [5, 5.41) is 8.62. The van der Waals surface area contributed by atoms with Crippen LogP contribution in [0.4, 0.5) is 0 Å². The molecular formula is C6H10N2. The first-order valence-corrected chi connectivity index (χ1v) is 3.23. The zero-order valence-electron chi connectivity index (χ0n) is 4.88. The molecule has 0 aliphatic carbocycles. The Kier molecular flexibility index (Phi) is 1.02. The van der Waals surface area contributed by atoms with Crippen molar-refractivity contribution >= 4 is 0 Å². The van der Waals surface area contributed by atoms with Crippen molar-refractivity contribution in [3.8, 4) is 0 Å². The molecule has 0 atom stereocenters. The van der Waals surface area contributed by atoms with Gasteiger partial charge in [0.1, 0.15) is 0 Å². The smallest absolute Gasteiger partial charge is 0.0178 e. The highest BCUT2D eigenvalue weighted by molar-refractivity contribution is 4.88. The molecule has 2 aliphatic heterocycles. The van der Waals surface area contributed by atoms with Gasteiger partial charge in [-0.3, -0.25) is 0 Å². The first-order chi connectivity index (χ1) is 3.97. The maximum Gasteiger partial charge on any atom is 0.0178 e. The van der Waals surface area contributed by atoms with Gasteiger partial charge in [-0.05, 0) is 11.8 Å². The zero-order chi connectivity index (χ0) is 5.40. The molecule has 2 nitrogen and oxygen atoms in total. The average Bonchev–Trinajstić information content (AvgIpc) is 2.15. The molecule has 0 unspecified atom stereocenters. The Morgan fingerprint density at radius 1 is 0.750 bits per heavy atom. The van der Waals surface area contributed by atoms with Crippen molar-refractivity contribution in [3.63, 3.8) is 0 Å². The maximum absolute atomic E-state index is 4.31. The highest BCUT2D eigenvalue weighted by Crippen LogP contribution is 2.21. The third kappa shape index (κ3) is 0.565. The summed E-state index contributed by atoms with van der Waals surface area (Å²) in [5.41, 5.74) is 0. The lowest BCUT2D eigenvalue weighted by atomic mass is 10.0. The molecular weight excluding hydrogens is 100 g/mol. The van der Waals surface area contributed by atoms with Crippen molar-refractivity contribution in [2.45, 2.75) is 0 Å². The van der Waals surface area contributed by atoms with E-state index >= 15 is 0 Å². The number of fused-ring (bicyclic) bond motifs is 1. The Balaban J connectivity index is 2.04. The van der Waals surface area contributed by atoms with Crippen LogP contribution in [0.15, 0.2) is 0 Å². The lowest BCUT2D eigenvalue weighted by molar-refractivity contribution is 0.533. The molecule has 2 heteroatoms. The van der Waals surface area contributed by atoms with Gasteiger partial charge in [0, 0.05) is 26.2 Å². The fraction of sp³-hybridized carbons (Fsp3) is 1.00. The predicted molar refractivity (Wildman–Crippen MR) is 30.7 cm³/mol. The second-order valence-electron chi connectivity index (χ2n) is 2.70. The fourth-order valence-electron chi connectivity index (χ4n) is 1.52. The van der Waals surface area contributed by atoms with Gasteiger partial charge in [-0.25, -0.2) is 10.6 Å². The Hall–Kier alpha value is -0.0800. The summed E-state index contributed by atoms with van der Waals surface area (Å²) in [6.07, 6.45) is 0. The molecule has 2 heterocycles. The van der Waals surface area contributed by atoms with Crippen molar-refractivity contribution in [3.05, 3.63) is 0 Å². The van der Waals surface area contributed by atoms with E-state index in [1.807, 2.05) is 0 Å². The Morgan fingerprint density at radius 3 is 1.50 bits per heavy atom. The van der Waals surface area contributed by atoms with Crippen LogP contribution < -0.4 is 10.6 Å². The zero-order valence-corrected chi connectivity index (χ0v) is 4.88. The molecule has 2 radical (unpaired) electrons. The molecule has 0 bridgehead atoms. The minimum Gasteiger partial charge on any atom is -0.241 e. The molecule has 8 heavy (non-hydrogen) atoms. The van der Waals surface area contributed by atoms with E-state index in [-0.39, 0.29) is 0 Å². The Labute approximate surface area is 49.7 Å². The molecule has 0 N–H and O–H groups in total. The molecule has 0 aromatic rings. The van der Waals surface area contributed by atoms with Crippen LogP contribution in [0.5, 0.6) is 0 Å². The third-order valence-corrected chi connectivity index (χ3v) is 2.12. The van der Waals surface area contributed by atoms with E-state index in [9.17, 15) is 0 Å². The minimum absolute atomic E-state index is 0.843. The monoisotopic (exact) mass is 110 g/mol. The van der Waals surface area contributed by atoms with Crippen LogP contribution >= 0.6 is 0 Å². The predicted octanol–water partition coefficient (Wildman–Crippen LogP) is -0.545. The lowest BCUT2D eigenvalue weighted by Crippen LogP contribution is -2.09. The summed E-state index contributed by atoms with van der Waals surface area (Å²) in [4.78, 5) is 0. The molecule has 0 spiro atoms. The largest absolute Gasteiger partial charge is 0.241 e. The number of hydrogen-bond donors (Lipinski definition) is 0. The van der Waals surface area contributed by atoms with Gasteiger partial charge >= 0.3 is 0 Å². The molecule has 0 saturated carbocycles. The van der Waals surface area contributed by atoms with E-state index in [0.29, 0.717) is 0 Å². The normalized spacial score (nSPS) is 45.0. The summed E-state index contributed by atoms with van der Waals surface area (Å²) >= 11 is 0. The van der Waals surface area contributed by atoms with Crippen LogP contribution in [-0.4, -0.2) is 26.2 Å². The van der Waals surface area contributed by atoms with Gasteiger partial charge in [0.2, 0.25) is 0 Å². The van der Waals surface area contributed by atoms with Crippen molar-refractivity contribution in [1.82, 2.24) is 10.6 Å².